The van der Waals surface area contributed by atoms with Gasteiger partial charge in [-0.25, -0.2) is 0 Å². The molecule has 0 unspecified atom stereocenters. The highest BCUT2D eigenvalue weighted by Crippen LogP contribution is 2.24. The van der Waals surface area contributed by atoms with Gasteiger partial charge >= 0.3 is 0 Å². The fraction of sp³-hybridized carbons (Fsp3) is 0.720. The largest absolute Gasteiger partial charge is 0.396 e. The number of aliphatic hydroxyl groups is 1. The van der Waals surface area contributed by atoms with Crippen LogP contribution in [-0.2, 0) is 17.6 Å². The van der Waals surface area contributed by atoms with Gasteiger partial charge in [0.1, 0.15) is 0 Å². The number of amides is 1. The summed E-state index contributed by atoms with van der Waals surface area (Å²) in [6, 6.07) is 5.90. The summed E-state index contributed by atoms with van der Waals surface area (Å²) in [6.07, 6.45) is 19.1. The highest BCUT2D eigenvalue weighted by atomic mass is 16.7. The molecule has 1 rings (SSSR count). The Morgan fingerprint density at radius 3 is 1.93 bits per heavy atom. The van der Waals surface area contributed by atoms with Gasteiger partial charge in [-0.15, -0.1) is 0 Å². The monoisotopic (exact) mass is 405 g/mol. The number of carbonyl (C=O) groups is 1. The molecular formula is C25H43NO3. The topological polar surface area (TPSA) is 58.6 Å². The molecular weight excluding hydrogens is 362 g/mol. The van der Waals surface area contributed by atoms with Crippen LogP contribution in [0.1, 0.15) is 108 Å². The lowest BCUT2D eigenvalue weighted by atomic mass is 9.97. The molecule has 0 aliphatic carbocycles. The molecule has 0 radical (unpaired) electrons. The molecule has 0 bridgehead atoms. The molecule has 0 heterocycles. The normalized spacial score (nSPS) is 10.9. The van der Waals surface area contributed by atoms with Gasteiger partial charge < -0.3 is 9.94 Å². The number of unbranched alkanes of at least 4 members (excludes halogenated alkanes) is 12. The number of rotatable bonds is 18. The first kappa shape index (κ1) is 25.5. The molecule has 0 saturated heterocycles. The first-order valence-corrected chi connectivity index (χ1v) is 11.8. The molecule has 0 spiro atoms. The van der Waals surface area contributed by atoms with Crippen LogP contribution in [0.25, 0.3) is 0 Å². The summed E-state index contributed by atoms with van der Waals surface area (Å²) >= 11 is 0. The van der Waals surface area contributed by atoms with E-state index in [2.05, 4.69) is 18.5 Å². The second-order valence-corrected chi connectivity index (χ2v) is 8.12. The standard InChI is InChI=1S/C25H43NO3/c1-3-4-5-6-7-8-9-10-11-12-13-14-15-17-23-18-16-19-25(24(23)20-21-27)29-26-22(2)28/h16,18-19,27H,3-15,17,20-21H2,1-2H3,(H,26,28). The fourth-order valence-electron chi connectivity index (χ4n) is 3.80. The molecule has 166 valence electrons. The van der Waals surface area contributed by atoms with E-state index in [-0.39, 0.29) is 12.5 Å². The minimum Gasteiger partial charge on any atom is -0.396 e. The number of hydrogen-bond acceptors (Lipinski definition) is 3. The number of nitrogens with one attached hydrogen (secondary N) is 1. The van der Waals surface area contributed by atoms with E-state index < -0.39 is 0 Å². The lowest BCUT2D eigenvalue weighted by Gasteiger charge is -2.14. The van der Waals surface area contributed by atoms with Crippen molar-refractivity contribution in [2.75, 3.05) is 6.61 Å². The van der Waals surface area contributed by atoms with Crippen LogP contribution in [0.15, 0.2) is 18.2 Å². The predicted octanol–water partition coefficient (Wildman–Crippen LogP) is 6.29. The van der Waals surface area contributed by atoms with Crippen molar-refractivity contribution in [2.45, 2.75) is 110 Å². The maximum absolute atomic E-state index is 11.1. The Bertz CT molecular complexity index is 545. The molecule has 4 heteroatoms. The molecule has 0 aliphatic heterocycles. The van der Waals surface area contributed by atoms with Gasteiger partial charge in [-0.05, 0) is 30.9 Å². The summed E-state index contributed by atoms with van der Waals surface area (Å²) in [4.78, 5) is 16.5. The first-order chi connectivity index (χ1) is 14.2. The van der Waals surface area contributed by atoms with E-state index in [1.54, 1.807) is 0 Å². The lowest BCUT2D eigenvalue weighted by molar-refractivity contribution is -0.125. The number of hydrogen-bond donors (Lipinski definition) is 2. The Morgan fingerprint density at radius 1 is 0.862 bits per heavy atom. The maximum atomic E-state index is 11.1. The summed E-state index contributed by atoms with van der Waals surface area (Å²) in [5, 5.41) is 9.39. The van der Waals surface area contributed by atoms with Crippen LogP contribution in [0, 0.1) is 0 Å². The molecule has 1 aromatic rings. The third-order valence-corrected chi connectivity index (χ3v) is 5.45. The zero-order valence-electron chi connectivity index (χ0n) is 18.8. The number of benzene rings is 1. The van der Waals surface area contributed by atoms with Gasteiger partial charge in [-0.1, -0.05) is 96.1 Å². The zero-order valence-corrected chi connectivity index (χ0v) is 18.8. The fourth-order valence-corrected chi connectivity index (χ4v) is 3.80. The van der Waals surface area contributed by atoms with E-state index >= 15 is 0 Å². The van der Waals surface area contributed by atoms with Crippen molar-refractivity contribution in [3.05, 3.63) is 29.3 Å². The van der Waals surface area contributed by atoms with Crippen molar-refractivity contribution in [2.24, 2.45) is 0 Å². The molecule has 4 nitrogen and oxygen atoms in total. The van der Waals surface area contributed by atoms with Crippen molar-refractivity contribution in [3.8, 4) is 5.75 Å². The van der Waals surface area contributed by atoms with Gasteiger partial charge in [0.25, 0.3) is 0 Å². The van der Waals surface area contributed by atoms with Crippen molar-refractivity contribution >= 4 is 5.91 Å². The van der Waals surface area contributed by atoms with Crippen LogP contribution in [-0.4, -0.2) is 17.6 Å². The van der Waals surface area contributed by atoms with Gasteiger partial charge in [-0.3, -0.25) is 4.79 Å². The van der Waals surface area contributed by atoms with Crippen LogP contribution in [0.3, 0.4) is 0 Å². The molecule has 29 heavy (non-hydrogen) atoms. The predicted molar refractivity (Wildman–Crippen MR) is 121 cm³/mol. The summed E-state index contributed by atoms with van der Waals surface area (Å²) in [6.45, 7) is 3.77. The van der Waals surface area contributed by atoms with Crippen LogP contribution in [0.2, 0.25) is 0 Å². The Hall–Kier alpha value is -1.55. The zero-order chi connectivity index (χ0) is 21.2. The van der Waals surface area contributed by atoms with E-state index in [4.69, 9.17) is 4.84 Å². The molecule has 0 atom stereocenters. The average molecular weight is 406 g/mol. The molecule has 1 amide bonds. The lowest BCUT2D eigenvalue weighted by Crippen LogP contribution is -2.24. The summed E-state index contributed by atoms with van der Waals surface area (Å²) in [5.41, 5.74) is 4.60. The van der Waals surface area contributed by atoms with Crippen molar-refractivity contribution in [3.63, 3.8) is 0 Å². The van der Waals surface area contributed by atoms with Crippen LogP contribution >= 0.6 is 0 Å². The van der Waals surface area contributed by atoms with Gasteiger partial charge in [0.05, 0.1) is 0 Å². The van der Waals surface area contributed by atoms with E-state index in [1.165, 1.54) is 89.5 Å². The summed E-state index contributed by atoms with van der Waals surface area (Å²) < 4.78 is 0. The third kappa shape index (κ3) is 12.6. The number of carbonyl (C=O) groups excluding carboxylic acids is 1. The van der Waals surface area contributed by atoms with Crippen molar-refractivity contribution in [1.82, 2.24) is 5.48 Å². The van der Waals surface area contributed by atoms with Crippen LogP contribution in [0.5, 0.6) is 5.75 Å². The Labute approximate surface area is 178 Å². The number of aryl methyl sites for hydroxylation is 1. The van der Waals surface area contributed by atoms with E-state index in [0.29, 0.717) is 12.2 Å². The van der Waals surface area contributed by atoms with Crippen LogP contribution < -0.4 is 10.3 Å². The van der Waals surface area contributed by atoms with Gasteiger partial charge in [0, 0.05) is 19.1 Å². The second kappa shape index (κ2) is 17.3. The minimum atomic E-state index is -0.234. The summed E-state index contributed by atoms with van der Waals surface area (Å²) in [7, 11) is 0. The van der Waals surface area contributed by atoms with E-state index in [1.807, 2.05) is 12.1 Å². The van der Waals surface area contributed by atoms with E-state index in [9.17, 15) is 9.90 Å². The van der Waals surface area contributed by atoms with Crippen molar-refractivity contribution < 1.29 is 14.7 Å². The van der Waals surface area contributed by atoms with Gasteiger partial charge in [0.15, 0.2) is 5.75 Å². The van der Waals surface area contributed by atoms with Gasteiger partial charge in [-0.2, -0.15) is 5.48 Å². The Kier molecular flexibility index (Phi) is 15.2. The Morgan fingerprint density at radius 2 is 1.41 bits per heavy atom. The first-order valence-electron chi connectivity index (χ1n) is 11.8. The smallest absolute Gasteiger partial charge is 0.249 e. The molecule has 0 fully saturated rings. The maximum Gasteiger partial charge on any atom is 0.249 e. The molecule has 0 aliphatic rings. The second-order valence-electron chi connectivity index (χ2n) is 8.12. The van der Waals surface area contributed by atoms with Gasteiger partial charge in [0.2, 0.25) is 5.91 Å². The number of aliphatic hydroxyl groups excluding tert-OH is 1. The Balaban J connectivity index is 2.17. The minimum absolute atomic E-state index is 0.0754. The molecule has 0 aromatic heterocycles. The van der Waals surface area contributed by atoms with Crippen molar-refractivity contribution in [1.29, 1.82) is 0 Å². The SMILES string of the molecule is CCCCCCCCCCCCCCCc1cccc(ONC(C)=O)c1CCO. The molecule has 1 aromatic carbocycles. The molecule has 0 saturated carbocycles. The highest BCUT2D eigenvalue weighted by Gasteiger charge is 2.10. The van der Waals surface area contributed by atoms with E-state index in [0.717, 1.165) is 18.4 Å². The summed E-state index contributed by atoms with van der Waals surface area (Å²) in [5.74, 6) is 0.406. The average Bonchev–Trinajstić information content (AvgIpc) is 2.71. The third-order valence-electron chi connectivity index (χ3n) is 5.45. The molecule has 2 N–H and O–H groups in total. The quantitative estimate of drug-likeness (QED) is 0.223. The van der Waals surface area contributed by atoms with Crippen LogP contribution in [0.4, 0.5) is 0 Å². The highest BCUT2D eigenvalue weighted by molar-refractivity contribution is 5.71. The number of hydroxylamine groups is 1.